The third-order valence-electron chi connectivity index (χ3n) is 5.58. The van der Waals surface area contributed by atoms with Gasteiger partial charge in [0.25, 0.3) is 0 Å². The van der Waals surface area contributed by atoms with Crippen LogP contribution >= 0.6 is 0 Å². The minimum atomic E-state index is -3.54. The molecule has 0 saturated heterocycles. The standard InChI is InChI=1S/C25H35N3O5S/c1-6-23(25(30)26-3)27(18-20-10-7-9-19(2)17-20)24(29)11-8-16-28(34(5,31)32)21-12-14-22(33-4)15-13-21/h7,9-10,12-15,17,23H,6,8,11,16,18H2,1-5H3,(H,26,30). The van der Waals surface area contributed by atoms with Gasteiger partial charge in [-0.15, -0.1) is 0 Å². The van der Waals surface area contributed by atoms with Crippen molar-refractivity contribution in [3.05, 3.63) is 59.7 Å². The molecule has 2 rings (SSSR count). The maximum Gasteiger partial charge on any atom is 0.242 e. The molecule has 186 valence electrons. The second-order valence-corrected chi connectivity index (χ2v) is 10.1. The van der Waals surface area contributed by atoms with E-state index >= 15 is 0 Å². The van der Waals surface area contributed by atoms with E-state index in [1.54, 1.807) is 43.3 Å². The fraction of sp³-hybridized carbons (Fsp3) is 0.440. The summed E-state index contributed by atoms with van der Waals surface area (Å²) in [7, 11) is -0.448. The van der Waals surface area contributed by atoms with Crippen molar-refractivity contribution in [1.29, 1.82) is 0 Å². The van der Waals surface area contributed by atoms with Crippen LogP contribution in [-0.4, -0.2) is 58.1 Å². The van der Waals surface area contributed by atoms with E-state index in [-0.39, 0.29) is 24.8 Å². The zero-order valence-electron chi connectivity index (χ0n) is 20.6. The lowest BCUT2D eigenvalue weighted by Gasteiger charge is -2.31. The quantitative estimate of drug-likeness (QED) is 0.494. The Hall–Kier alpha value is -3.07. The zero-order valence-corrected chi connectivity index (χ0v) is 21.4. The first kappa shape index (κ1) is 27.2. The van der Waals surface area contributed by atoms with Crippen LogP contribution in [0.15, 0.2) is 48.5 Å². The molecular weight excluding hydrogens is 454 g/mol. The van der Waals surface area contributed by atoms with Crippen LogP contribution in [0.4, 0.5) is 5.69 Å². The van der Waals surface area contributed by atoms with Crippen molar-refractivity contribution in [2.75, 3.05) is 31.3 Å². The van der Waals surface area contributed by atoms with Crippen molar-refractivity contribution in [2.24, 2.45) is 0 Å². The molecule has 0 aliphatic carbocycles. The van der Waals surface area contributed by atoms with Gasteiger partial charge in [-0.1, -0.05) is 36.8 Å². The van der Waals surface area contributed by atoms with E-state index in [1.807, 2.05) is 38.1 Å². The highest BCUT2D eigenvalue weighted by Gasteiger charge is 2.28. The van der Waals surface area contributed by atoms with Crippen molar-refractivity contribution >= 4 is 27.5 Å². The first-order valence-corrected chi connectivity index (χ1v) is 13.1. The summed E-state index contributed by atoms with van der Waals surface area (Å²) >= 11 is 0. The summed E-state index contributed by atoms with van der Waals surface area (Å²) in [6.07, 6.45) is 2.04. The number of hydrogen-bond donors (Lipinski definition) is 1. The SMILES string of the molecule is CCC(C(=O)NC)N(Cc1cccc(C)c1)C(=O)CCCN(c1ccc(OC)cc1)S(C)(=O)=O. The molecule has 0 radical (unpaired) electrons. The normalized spacial score (nSPS) is 12.0. The number of carbonyl (C=O) groups excluding carboxylic acids is 2. The number of nitrogens with zero attached hydrogens (tertiary/aromatic N) is 2. The van der Waals surface area contributed by atoms with Gasteiger partial charge in [0.1, 0.15) is 11.8 Å². The maximum atomic E-state index is 13.3. The van der Waals surface area contributed by atoms with E-state index in [0.717, 1.165) is 17.4 Å². The summed E-state index contributed by atoms with van der Waals surface area (Å²) in [5.41, 5.74) is 2.51. The van der Waals surface area contributed by atoms with E-state index in [2.05, 4.69) is 5.32 Å². The molecule has 0 spiro atoms. The van der Waals surface area contributed by atoms with Crippen LogP contribution < -0.4 is 14.4 Å². The predicted octanol–water partition coefficient (Wildman–Crippen LogP) is 3.10. The number of amides is 2. The number of hydrogen-bond acceptors (Lipinski definition) is 5. The second kappa shape index (κ2) is 12.4. The van der Waals surface area contributed by atoms with Gasteiger partial charge in [0.05, 0.1) is 19.1 Å². The zero-order chi connectivity index (χ0) is 25.3. The first-order valence-electron chi connectivity index (χ1n) is 11.3. The molecule has 2 aromatic rings. The Morgan fingerprint density at radius 3 is 2.32 bits per heavy atom. The van der Waals surface area contributed by atoms with Crippen LogP contribution in [0, 0.1) is 6.92 Å². The van der Waals surface area contributed by atoms with Crippen molar-refractivity contribution in [2.45, 2.75) is 45.7 Å². The van der Waals surface area contributed by atoms with E-state index in [0.29, 0.717) is 30.8 Å². The number of benzene rings is 2. The Morgan fingerprint density at radius 1 is 1.12 bits per heavy atom. The van der Waals surface area contributed by atoms with Crippen molar-refractivity contribution in [1.82, 2.24) is 10.2 Å². The number of rotatable bonds is 12. The van der Waals surface area contributed by atoms with Gasteiger partial charge in [-0.05, 0) is 49.6 Å². The first-order chi connectivity index (χ1) is 16.1. The molecular formula is C25H35N3O5S. The Balaban J connectivity index is 2.18. The molecule has 34 heavy (non-hydrogen) atoms. The number of methoxy groups -OCH3 is 1. The van der Waals surface area contributed by atoms with Gasteiger partial charge in [0.2, 0.25) is 21.8 Å². The lowest BCUT2D eigenvalue weighted by atomic mass is 10.1. The molecule has 0 aromatic heterocycles. The van der Waals surface area contributed by atoms with Gasteiger partial charge in [-0.25, -0.2) is 8.42 Å². The van der Waals surface area contributed by atoms with Crippen LogP contribution in [0.25, 0.3) is 0 Å². The van der Waals surface area contributed by atoms with E-state index in [4.69, 9.17) is 4.74 Å². The van der Waals surface area contributed by atoms with E-state index in [9.17, 15) is 18.0 Å². The van der Waals surface area contributed by atoms with Crippen LogP contribution in [0.2, 0.25) is 0 Å². The van der Waals surface area contributed by atoms with Crippen molar-refractivity contribution < 1.29 is 22.7 Å². The Bertz CT molecular complexity index is 1070. The summed E-state index contributed by atoms with van der Waals surface area (Å²) in [5.74, 6) is 0.207. The fourth-order valence-corrected chi connectivity index (χ4v) is 4.81. The summed E-state index contributed by atoms with van der Waals surface area (Å²) < 4.78 is 31.2. The topological polar surface area (TPSA) is 96.0 Å². The molecule has 1 atom stereocenters. The largest absolute Gasteiger partial charge is 0.497 e. The van der Waals surface area contributed by atoms with Crippen LogP contribution in [0.3, 0.4) is 0 Å². The highest BCUT2D eigenvalue weighted by Crippen LogP contribution is 2.22. The molecule has 0 fully saturated rings. The van der Waals surface area contributed by atoms with E-state index < -0.39 is 16.1 Å². The second-order valence-electron chi connectivity index (χ2n) is 8.19. The molecule has 2 aromatic carbocycles. The number of sulfonamides is 1. The number of likely N-dealkylation sites (N-methyl/N-ethyl adjacent to an activating group) is 1. The highest BCUT2D eigenvalue weighted by molar-refractivity contribution is 7.92. The number of carbonyl (C=O) groups is 2. The summed E-state index contributed by atoms with van der Waals surface area (Å²) in [6, 6.07) is 13.9. The lowest BCUT2D eigenvalue weighted by Crippen LogP contribution is -2.48. The molecule has 9 heteroatoms. The average molecular weight is 490 g/mol. The Morgan fingerprint density at radius 2 is 1.79 bits per heavy atom. The lowest BCUT2D eigenvalue weighted by molar-refractivity contribution is -0.141. The van der Waals surface area contributed by atoms with Crippen molar-refractivity contribution in [3.63, 3.8) is 0 Å². The molecule has 8 nitrogen and oxygen atoms in total. The maximum absolute atomic E-state index is 13.3. The van der Waals surface area contributed by atoms with Crippen LogP contribution in [0.5, 0.6) is 5.75 Å². The van der Waals surface area contributed by atoms with Gasteiger partial charge in [-0.3, -0.25) is 13.9 Å². The third kappa shape index (κ3) is 7.48. The van der Waals surface area contributed by atoms with Crippen LogP contribution in [0.1, 0.15) is 37.3 Å². The smallest absolute Gasteiger partial charge is 0.242 e. The molecule has 0 saturated carbocycles. The molecule has 1 unspecified atom stereocenters. The average Bonchev–Trinajstić information content (AvgIpc) is 2.80. The van der Waals surface area contributed by atoms with Gasteiger partial charge in [-0.2, -0.15) is 0 Å². The van der Waals surface area contributed by atoms with E-state index in [1.165, 1.54) is 4.31 Å². The number of nitrogens with one attached hydrogen (secondary N) is 1. The molecule has 1 N–H and O–H groups in total. The number of anilines is 1. The molecule has 0 bridgehead atoms. The van der Waals surface area contributed by atoms with Gasteiger partial charge >= 0.3 is 0 Å². The van der Waals surface area contributed by atoms with Crippen molar-refractivity contribution in [3.8, 4) is 5.75 Å². The van der Waals surface area contributed by atoms with Gasteiger partial charge < -0.3 is 15.0 Å². The number of ether oxygens (including phenoxy) is 1. The molecule has 0 aliphatic heterocycles. The minimum absolute atomic E-state index is 0.113. The summed E-state index contributed by atoms with van der Waals surface area (Å²) in [5, 5.41) is 2.64. The molecule has 0 heterocycles. The number of aryl methyl sites for hydroxylation is 1. The third-order valence-corrected chi connectivity index (χ3v) is 6.77. The summed E-state index contributed by atoms with van der Waals surface area (Å²) in [4.78, 5) is 27.3. The fourth-order valence-electron chi connectivity index (χ4n) is 3.85. The molecule has 0 aliphatic rings. The predicted molar refractivity (Wildman–Crippen MR) is 134 cm³/mol. The highest BCUT2D eigenvalue weighted by atomic mass is 32.2. The Kier molecular flexibility index (Phi) is 9.92. The van der Waals surface area contributed by atoms with Crippen LogP contribution in [-0.2, 0) is 26.2 Å². The Labute approximate surface area is 202 Å². The minimum Gasteiger partial charge on any atom is -0.497 e. The monoisotopic (exact) mass is 489 g/mol. The summed E-state index contributed by atoms with van der Waals surface area (Å²) in [6.45, 7) is 4.29. The van der Waals surface area contributed by atoms with Gasteiger partial charge in [0.15, 0.2) is 0 Å². The molecule has 2 amide bonds. The van der Waals surface area contributed by atoms with Gasteiger partial charge in [0, 0.05) is 26.6 Å².